The van der Waals surface area contributed by atoms with Crippen LogP contribution in [0.5, 0.6) is 0 Å². The van der Waals surface area contributed by atoms with Crippen molar-refractivity contribution in [1.82, 2.24) is 0 Å². The molecule has 2 aliphatic rings. The summed E-state index contributed by atoms with van der Waals surface area (Å²) in [6.07, 6.45) is 2.22. The molecule has 0 radical (unpaired) electrons. The fourth-order valence-corrected chi connectivity index (χ4v) is 3.30. The summed E-state index contributed by atoms with van der Waals surface area (Å²) in [4.78, 5) is 4.80. The molecule has 3 nitrogen and oxygen atoms in total. The van der Waals surface area contributed by atoms with E-state index in [0.717, 1.165) is 11.7 Å². The van der Waals surface area contributed by atoms with E-state index in [-0.39, 0.29) is 23.3 Å². The van der Waals surface area contributed by atoms with Crippen molar-refractivity contribution in [2.45, 2.75) is 32.2 Å². The first-order chi connectivity index (χ1) is 10.0. The molecule has 112 valence electrons. The molecule has 3 heteroatoms. The van der Waals surface area contributed by atoms with E-state index >= 15 is 0 Å². The van der Waals surface area contributed by atoms with Gasteiger partial charge in [0.25, 0.3) is 0 Å². The Morgan fingerprint density at radius 2 is 1.95 bits per heavy atom. The van der Waals surface area contributed by atoms with Crippen molar-refractivity contribution in [2.24, 2.45) is 16.8 Å². The number of methoxy groups -OCH3 is 1. The first-order valence-corrected chi connectivity index (χ1v) is 7.55. The highest BCUT2D eigenvalue weighted by Gasteiger charge is 2.43. The molecule has 0 fully saturated rings. The number of hydrogen-bond acceptors (Lipinski definition) is 3. The SMILES string of the molecule is COC1=C[C@H](c2ccccc2)[C@@H](C2=NC(C)(C)CO2)[C@@H]1C. The Balaban J connectivity index is 1.98. The predicted octanol–water partition coefficient (Wildman–Crippen LogP) is 3.77. The highest BCUT2D eigenvalue weighted by molar-refractivity contribution is 5.83. The fraction of sp³-hybridized carbons (Fsp3) is 0.500. The van der Waals surface area contributed by atoms with Crippen molar-refractivity contribution in [3.8, 4) is 0 Å². The molecule has 0 bridgehead atoms. The number of ether oxygens (including phenoxy) is 2. The van der Waals surface area contributed by atoms with E-state index in [1.54, 1.807) is 7.11 Å². The van der Waals surface area contributed by atoms with Gasteiger partial charge in [0, 0.05) is 11.8 Å². The Morgan fingerprint density at radius 3 is 2.52 bits per heavy atom. The van der Waals surface area contributed by atoms with E-state index < -0.39 is 0 Å². The average Bonchev–Trinajstić information content (AvgIpc) is 2.99. The molecule has 1 heterocycles. The van der Waals surface area contributed by atoms with Crippen LogP contribution in [0.25, 0.3) is 0 Å². The van der Waals surface area contributed by atoms with Gasteiger partial charge in [0.2, 0.25) is 0 Å². The summed E-state index contributed by atoms with van der Waals surface area (Å²) in [6, 6.07) is 10.5. The predicted molar refractivity (Wildman–Crippen MR) is 84.4 cm³/mol. The maximum Gasteiger partial charge on any atom is 0.188 e. The lowest BCUT2D eigenvalue weighted by atomic mass is 9.84. The smallest absolute Gasteiger partial charge is 0.188 e. The molecular formula is C18H23NO2. The van der Waals surface area contributed by atoms with Gasteiger partial charge >= 0.3 is 0 Å². The third-order valence-corrected chi connectivity index (χ3v) is 4.41. The monoisotopic (exact) mass is 285 g/mol. The zero-order valence-electron chi connectivity index (χ0n) is 13.2. The molecule has 1 aromatic carbocycles. The van der Waals surface area contributed by atoms with Crippen molar-refractivity contribution < 1.29 is 9.47 Å². The largest absolute Gasteiger partial charge is 0.501 e. The summed E-state index contributed by atoms with van der Waals surface area (Å²) in [5, 5.41) is 0. The summed E-state index contributed by atoms with van der Waals surface area (Å²) in [7, 11) is 1.74. The van der Waals surface area contributed by atoms with Crippen LogP contribution >= 0.6 is 0 Å². The number of aliphatic imine (C=N–C) groups is 1. The van der Waals surface area contributed by atoms with E-state index in [0.29, 0.717) is 6.61 Å². The molecule has 0 spiro atoms. The lowest BCUT2D eigenvalue weighted by Gasteiger charge is -2.23. The normalized spacial score (nSPS) is 30.6. The molecule has 1 aliphatic carbocycles. The van der Waals surface area contributed by atoms with E-state index in [1.807, 2.05) is 6.07 Å². The van der Waals surface area contributed by atoms with Gasteiger partial charge in [-0.25, -0.2) is 4.99 Å². The molecule has 1 aromatic rings. The van der Waals surface area contributed by atoms with Crippen molar-refractivity contribution in [3.63, 3.8) is 0 Å². The van der Waals surface area contributed by atoms with Crippen LogP contribution in [0.1, 0.15) is 32.3 Å². The first kappa shape index (κ1) is 14.2. The molecule has 0 N–H and O–H groups in total. The Kier molecular flexibility index (Phi) is 3.52. The Morgan fingerprint density at radius 1 is 1.24 bits per heavy atom. The molecule has 3 rings (SSSR count). The van der Waals surface area contributed by atoms with Gasteiger partial charge in [0.1, 0.15) is 6.61 Å². The summed E-state index contributed by atoms with van der Waals surface area (Å²) in [5.41, 5.74) is 1.17. The zero-order chi connectivity index (χ0) is 15.0. The second-order valence-electron chi connectivity index (χ2n) is 6.58. The van der Waals surface area contributed by atoms with Crippen LogP contribution < -0.4 is 0 Å². The second kappa shape index (κ2) is 5.21. The number of rotatable bonds is 3. The average molecular weight is 285 g/mol. The molecule has 0 amide bonds. The van der Waals surface area contributed by atoms with Crippen LogP contribution in [0.3, 0.4) is 0 Å². The van der Waals surface area contributed by atoms with Crippen LogP contribution in [0.4, 0.5) is 0 Å². The first-order valence-electron chi connectivity index (χ1n) is 7.55. The van der Waals surface area contributed by atoms with Crippen molar-refractivity contribution in [1.29, 1.82) is 0 Å². The highest BCUT2D eigenvalue weighted by Crippen LogP contribution is 2.44. The van der Waals surface area contributed by atoms with Gasteiger partial charge in [0.15, 0.2) is 5.90 Å². The summed E-state index contributed by atoms with van der Waals surface area (Å²) >= 11 is 0. The van der Waals surface area contributed by atoms with Crippen LogP contribution in [-0.2, 0) is 9.47 Å². The highest BCUT2D eigenvalue weighted by atomic mass is 16.5. The zero-order valence-corrected chi connectivity index (χ0v) is 13.2. The standard InChI is InChI=1S/C18H23NO2/c1-12-15(20-4)10-14(13-8-6-5-7-9-13)16(12)17-19-18(2,3)11-21-17/h5-10,12,14,16H,11H2,1-4H3/t12-,14-,16+/m1/s1. The Hall–Kier alpha value is -1.77. The lowest BCUT2D eigenvalue weighted by Crippen LogP contribution is -2.24. The van der Waals surface area contributed by atoms with Gasteiger partial charge in [-0.1, -0.05) is 37.3 Å². The number of allylic oxidation sites excluding steroid dienone is 2. The molecule has 21 heavy (non-hydrogen) atoms. The van der Waals surface area contributed by atoms with E-state index in [4.69, 9.17) is 14.5 Å². The van der Waals surface area contributed by atoms with Crippen LogP contribution in [-0.4, -0.2) is 25.2 Å². The fourth-order valence-electron chi connectivity index (χ4n) is 3.30. The molecule has 1 aliphatic heterocycles. The second-order valence-corrected chi connectivity index (χ2v) is 6.58. The van der Waals surface area contributed by atoms with Gasteiger partial charge < -0.3 is 9.47 Å². The molecule has 0 saturated carbocycles. The lowest BCUT2D eigenvalue weighted by molar-refractivity contribution is 0.225. The Labute approximate surface area is 126 Å². The number of hydrogen-bond donors (Lipinski definition) is 0. The van der Waals surface area contributed by atoms with Crippen molar-refractivity contribution in [2.75, 3.05) is 13.7 Å². The molecular weight excluding hydrogens is 262 g/mol. The van der Waals surface area contributed by atoms with Gasteiger partial charge in [-0.2, -0.15) is 0 Å². The number of nitrogens with zero attached hydrogens (tertiary/aromatic N) is 1. The third-order valence-electron chi connectivity index (χ3n) is 4.41. The molecule has 0 aromatic heterocycles. The maximum absolute atomic E-state index is 5.93. The van der Waals surface area contributed by atoms with Gasteiger partial charge in [-0.15, -0.1) is 0 Å². The summed E-state index contributed by atoms with van der Waals surface area (Å²) in [5.74, 6) is 2.69. The minimum Gasteiger partial charge on any atom is -0.501 e. The molecule has 0 unspecified atom stereocenters. The van der Waals surface area contributed by atoms with Crippen LogP contribution in [0.2, 0.25) is 0 Å². The summed E-state index contributed by atoms with van der Waals surface area (Å²) in [6.45, 7) is 7.08. The Bertz CT molecular complexity index is 574. The molecule has 3 atom stereocenters. The minimum atomic E-state index is -0.119. The van der Waals surface area contributed by atoms with Crippen molar-refractivity contribution >= 4 is 5.90 Å². The van der Waals surface area contributed by atoms with E-state index in [9.17, 15) is 0 Å². The quantitative estimate of drug-likeness (QED) is 0.846. The molecule has 0 saturated heterocycles. The number of benzene rings is 1. The van der Waals surface area contributed by atoms with Gasteiger partial charge in [0.05, 0.1) is 24.3 Å². The topological polar surface area (TPSA) is 30.8 Å². The van der Waals surface area contributed by atoms with E-state index in [1.165, 1.54) is 5.56 Å². The minimum absolute atomic E-state index is 0.119. The van der Waals surface area contributed by atoms with Gasteiger partial charge in [-0.05, 0) is 25.5 Å². The maximum atomic E-state index is 5.93. The van der Waals surface area contributed by atoms with Gasteiger partial charge in [-0.3, -0.25) is 0 Å². The van der Waals surface area contributed by atoms with Crippen LogP contribution in [0, 0.1) is 11.8 Å². The third kappa shape index (κ3) is 2.57. The van der Waals surface area contributed by atoms with Crippen molar-refractivity contribution in [3.05, 3.63) is 47.7 Å². The summed E-state index contributed by atoms with van der Waals surface area (Å²) < 4.78 is 11.5. The van der Waals surface area contributed by atoms with E-state index in [2.05, 4.69) is 51.1 Å². The van der Waals surface area contributed by atoms with Crippen LogP contribution in [0.15, 0.2) is 47.2 Å².